The minimum Gasteiger partial charge on any atom is -0.494 e. The minimum absolute atomic E-state index is 0.0466. The summed E-state index contributed by atoms with van der Waals surface area (Å²) in [5.41, 5.74) is 7.24. The van der Waals surface area contributed by atoms with Crippen molar-refractivity contribution in [3.05, 3.63) is 29.6 Å². The van der Waals surface area contributed by atoms with Crippen LogP contribution in [0.5, 0.6) is 5.75 Å². The second-order valence-electron chi connectivity index (χ2n) is 4.85. The third-order valence-electron chi connectivity index (χ3n) is 2.98. The predicted molar refractivity (Wildman–Crippen MR) is 90.3 cm³/mol. The fourth-order valence-electron chi connectivity index (χ4n) is 1.85. The number of rotatable bonds is 8. The number of ether oxygens (including phenoxy) is 1. The zero-order valence-corrected chi connectivity index (χ0v) is 13.5. The SMILES string of the molecule is CCCOc1ccc(-c2csc(NC(=O)CCCN)n2)cc1. The highest BCUT2D eigenvalue weighted by atomic mass is 32.1. The number of hydrogen-bond acceptors (Lipinski definition) is 5. The number of nitrogens with two attached hydrogens (primary N) is 1. The summed E-state index contributed by atoms with van der Waals surface area (Å²) < 4.78 is 5.56. The van der Waals surface area contributed by atoms with Crippen LogP contribution in [0.3, 0.4) is 0 Å². The van der Waals surface area contributed by atoms with Gasteiger partial charge in [0.15, 0.2) is 5.13 Å². The van der Waals surface area contributed by atoms with Crippen molar-refractivity contribution >= 4 is 22.4 Å². The molecule has 22 heavy (non-hydrogen) atoms. The first-order valence-electron chi connectivity index (χ1n) is 7.41. The van der Waals surface area contributed by atoms with Crippen molar-refractivity contribution in [2.24, 2.45) is 5.73 Å². The molecule has 0 aliphatic carbocycles. The van der Waals surface area contributed by atoms with Crippen LogP contribution in [-0.2, 0) is 4.79 Å². The van der Waals surface area contributed by atoms with Crippen LogP contribution in [-0.4, -0.2) is 24.0 Å². The number of nitrogens with one attached hydrogen (secondary N) is 1. The van der Waals surface area contributed by atoms with Crippen LogP contribution in [0.15, 0.2) is 29.6 Å². The van der Waals surface area contributed by atoms with E-state index >= 15 is 0 Å². The Hall–Kier alpha value is -1.92. The summed E-state index contributed by atoms with van der Waals surface area (Å²) in [6, 6.07) is 7.81. The third-order valence-corrected chi connectivity index (χ3v) is 3.74. The van der Waals surface area contributed by atoms with E-state index in [1.165, 1.54) is 11.3 Å². The fraction of sp³-hybridized carbons (Fsp3) is 0.375. The van der Waals surface area contributed by atoms with E-state index < -0.39 is 0 Å². The van der Waals surface area contributed by atoms with Gasteiger partial charge < -0.3 is 15.8 Å². The molecule has 0 radical (unpaired) electrons. The number of thiazole rings is 1. The summed E-state index contributed by atoms with van der Waals surface area (Å²) in [6.07, 6.45) is 2.10. The Balaban J connectivity index is 1.97. The quantitative estimate of drug-likeness (QED) is 0.783. The highest BCUT2D eigenvalue weighted by Crippen LogP contribution is 2.26. The van der Waals surface area contributed by atoms with E-state index in [1.807, 2.05) is 29.6 Å². The van der Waals surface area contributed by atoms with E-state index in [-0.39, 0.29) is 5.91 Å². The smallest absolute Gasteiger partial charge is 0.226 e. The Morgan fingerprint density at radius 3 is 2.82 bits per heavy atom. The van der Waals surface area contributed by atoms with Crippen LogP contribution in [0, 0.1) is 0 Å². The molecule has 0 aliphatic heterocycles. The van der Waals surface area contributed by atoms with Crippen molar-refractivity contribution in [2.45, 2.75) is 26.2 Å². The van der Waals surface area contributed by atoms with Gasteiger partial charge in [0.1, 0.15) is 5.75 Å². The zero-order chi connectivity index (χ0) is 15.8. The van der Waals surface area contributed by atoms with Crippen LogP contribution in [0.2, 0.25) is 0 Å². The molecule has 0 saturated heterocycles. The van der Waals surface area contributed by atoms with Crippen LogP contribution in [0.25, 0.3) is 11.3 Å². The van der Waals surface area contributed by atoms with Crippen molar-refractivity contribution in [1.82, 2.24) is 4.98 Å². The number of benzene rings is 1. The standard InChI is InChI=1S/C16H21N3O2S/c1-2-10-21-13-7-5-12(6-8-13)14-11-22-16(18-14)19-15(20)4-3-9-17/h5-8,11H,2-4,9-10,17H2,1H3,(H,18,19,20). The fourth-order valence-corrected chi connectivity index (χ4v) is 2.59. The van der Waals surface area contributed by atoms with Crippen molar-refractivity contribution in [2.75, 3.05) is 18.5 Å². The van der Waals surface area contributed by atoms with Crippen molar-refractivity contribution in [3.63, 3.8) is 0 Å². The number of hydrogen-bond donors (Lipinski definition) is 2. The maximum absolute atomic E-state index is 11.6. The lowest BCUT2D eigenvalue weighted by atomic mass is 10.2. The van der Waals surface area contributed by atoms with E-state index in [4.69, 9.17) is 10.5 Å². The van der Waals surface area contributed by atoms with Crippen LogP contribution < -0.4 is 15.8 Å². The Morgan fingerprint density at radius 2 is 2.14 bits per heavy atom. The molecular formula is C16H21N3O2S. The van der Waals surface area contributed by atoms with Gasteiger partial charge in [-0.1, -0.05) is 6.92 Å². The average molecular weight is 319 g/mol. The van der Waals surface area contributed by atoms with Gasteiger partial charge in [-0.2, -0.15) is 0 Å². The van der Waals surface area contributed by atoms with Gasteiger partial charge in [-0.3, -0.25) is 4.79 Å². The summed E-state index contributed by atoms with van der Waals surface area (Å²) in [4.78, 5) is 16.1. The molecule has 0 bridgehead atoms. The van der Waals surface area contributed by atoms with Gasteiger partial charge in [-0.15, -0.1) is 11.3 Å². The molecule has 6 heteroatoms. The number of anilines is 1. The molecule has 1 aromatic carbocycles. The summed E-state index contributed by atoms with van der Waals surface area (Å²) >= 11 is 1.42. The second-order valence-corrected chi connectivity index (χ2v) is 5.71. The molecule has 0 aliphatic rings. The molecule has 2 aromatic rings. The maximum atomic E-state index is 11.6. The van der Waals surface area contributed by atoms with E-state index in [2.05, 4.69) is 17.2 Å². The molecule has 0 saturated carbocycles. The number of nitrogens with zero attached hydrogens (tertiary/aromatic N) is 1. The average Bonchev–Trinajstić information content (AvgIpc) is 3.00. The Labute approximate surface area is 134 Å². The predicted octanol–water partition coefficient (Wildman–Crippen LogP) is 3.28. The molecule has 2 rings (SSSR count). The molecule has 1 amide bonds. The molecule has 0 unspecified atom stereocenters. The topological polar surface area (TPSA) is 77.2 Å². The van der Waals surface area contributed by atoms with Crippen molar-refractivity contribution < 1.29 is 9.53 Å². The van der Waals surface area contributed by atoms with Crippen LogP contribution >= 0.6 is 11.3 Å². The van der Waals surface area contributed by atoms with Gasteiger partial charge in [0, 0.05) is 17.4 Å². The van der Waals surface area contributed by atoms with Gasteiger partial charge in [0.25, 0.3) is 0 Å². The Morgan fingerprint density at radius 1 is 1.36 bits per heavy atom. The van der Waals surface area contributed by atoms with Gasteiger partial charge in [0.05, 0.1) is 12.3 Å². The van der Waals surface area contributed by atoms with Gasteiger partial charge >= 0.3 is 0 Å². The lowest BCUT2D eigenvalue weighted by molar-refractivity contribution is -0.116. The van der Waals surface area contributed by atoms with E-state index in [1.54, 1.807) is 0 Å². The largest absolute Gasteiger partial charge is 0.494 e. The van der Waals surface area contributed by atoms with E-state index in [9.17, 15) is 4.79 Å². The number of carbonyl (C=O) groups excluding carboxylic acids is 1. The normalized spacial score (nSPS) is 10.5. The lowest BCUT2D eigenvalue weighted by Gasteiger charge is -2.04. The molecule has 0 spiro atoms. The lowest BCUT2D eigenvalue weighted by Crippen LogP contribution is -2.13. The van der Waals surface area contributed by atoms with E-state index in [0.717, 1.165) is 30.0 Å². The highest BCUT2D eigenvalue weighted by Gasteiger charge is 2.08. The van der Waals surface area contributed by atoms with Crippen molar-refractivity contribution in [3.8, 4) is 17.0 Å². The first-order valence-corrected chi connectivity index (χ1v) is 8.29. The minimum atomic E-state index is -0.0466. The molecule has 1 heterocycles. The highest BCUT2D eigenvalue weighted by molar-refractivity contribution is 7.14. The molecule has 118 valence electrons. The Bertz CT molecular complexity index is 596. The summed E-state index contributed by atoms with van der Waals surface area (Å²) in [5, 5.41) is 5.34. The monoisotopic (exact) mass is 319 g/mol. The maximum Gasteiger partial charge on any atom is 0.226 e. The second kappa shape index (κ2) is 8.51. The molecule has 5 nitrogen and oxygen atoms in total. The summed E-state index contributed by atoms with van der Waals surface area (Å²) in [7, 11) is 0. The van der Waals surface area contributed by atoms with Crippen LogP contribution in [0.4, 0.5) is 5.13 Å². The van der Waals surface area contributed by atoms with Gasteiger partial charge in [0.2, 0.25) is 5.91 Å². The summed E-state index contributed by atoms with van der Waals surface area (Å²) in [5.74, 6) is 0.811. The number of aromatic nitrogens is 1. The zero-order valence-electron chi connectivity index (χ0n) is 12.7. The van der Waals surface area contributed by atoms with Gasteiger partial charge in [-0.25, -0.2) is 4.98 Å². The number of carbonyl (C=O) groups is 1. The molecule has 0 atom stereocenters. The van der Waals surface area contributed by atoms with Crippen LogP contribution in [0.1, 0.15) is 26.2 Å². The Kier molecular flexibility index (Phi) is 6.36. The van der Waals surface area contributed by atoms with Crippen molar-refractivity contribution in [1.29, 1.82) is 0 Å². The molecule has 3 N–H and O–H groups in total. The molecule has 0 fully saturated rings. The summed E-state index contributed by atoms with van der Waals surface area (Å²) in [6.45, 7) is 3.31. The third kappa shape index (κ3) is 4.82. The molecular weight excluding hydrogens is 298 g/mol. The van der Waals surface area contributed by atoms with Gasteiger partial charge in [-0.05, 0) is 43.7 Å². The first-order chi connectivity index (χ1) is 10.7. The molecule has 1 aromatic heterocycles. The number of amides is 1. The van der Waals surface area contributed by atoms with E-state index in [0.29, 0.717) is 24.5 Å². The first kappa shape index (κ1) is 16.5.